The van der Waals surface area contributed by atoms with Crippen molar-refractivity contribution in [3.8, 4) is 0 Å². The monoisotopic (exact) mass is 287 g/mol. The van der Waals surface area contributed by atoms with Crippen LogP contribution in [0.5, 0.6) is 0 Å². The number of aromatic nitrogens is 4. The average molecular weight is 287 g/mol. The maximum atomic E-state index is 11.6. The molecule has 0 bridgehead atoms. The maximum Gasteiger partial charge on any atom is 0.251 e. The van der Waals surface area contributed by atoms with Crippen LogP contribution in [0.4, 0.5) is 0 Å². The van der Waals surface area contributed by atoms with Gasteiger partial charge in [0, 0.05) is 37.7 Å². The van der Waals surface area contributed by atoms with E-state index in [0.29, 0.717) is 25.6 Å². The van der Waals surface area contributed by atoms with Crippen LogP contribution in [-0.4, -0.2) is 44.6 Å². The highest BCUT2D eigenvalue weighted by molar-refractivity contribution is 5.10. The molecule has 21 heavy (non-hydrogen) atoms. The molecule has 1 aliphatic heterocycles. The van der Waals surface area contributed by atoms with Gasteiger partial charge < -0.3 is 9.72 Å². The Morgan fingerprint density at radius 1 is 1.48 bits per heavy atom. The van der Waals surface area contributed by atoms with Crippen LogP contribution in [-0.2, 0) is 11.3 Å². The number of ether oxygens (including phenoxy) is 1. The highest BCUT2D eigenvalue weighted by Gasteiger charge is 2.26. The van der Waals surface area contributed by atoms with Crippen LogP contribution in [0, 0.1) is 6.92 Å². The standard InChI is InChI=1S/C14H17N5O2/c1-10-17-12(6-14(20)18-10)13-9-21-5-4-19(13)8-11-7-15-2-3-16-11/h2-3,6-7,13H,4-5,8-9H2,1H3,(H,17,18,20). The molecule has 7 nitrogen and oxygen atoms in total. The summed E-state index contributed by atoms with van der Waals surface area (Å²) in [6.07, 6.45) is 5.09. The summed E-state index contributed by atoms with van der Waals surface area (Å²) in [6.45, 7) is 4.40. The zero-order valence-corrected chi connectivity index (χ0v) is 11.8. The molecule has 0 aromatic carbocycles. The molecular weight excluding hydrogens is 270 g/mol. The van der Waals surface area contributed by atoms with Crippen molar-refractivity contribution in [3.05, 3.63) is 52.2 Å². The van der Waals surface area contributed by atoms with E-state index in [0.717, 1.165) is 17.9 Å². The third-order valence-corrected chi connectivity index (χ3v) is 3.44. The van der Waals surface area contributed by atoms with Crippen LogP contribution < -0.4 is 5.56 Å². The van der Waals surface area contributed by atoms with Gasteiger partial charge in [0.05, 0.1) is 30.6 Å². The van der Waals surface area contributed by atoms with Gasteiger partial charge in [0.2, 0.25) is 0 Å². The molecule has 0 radical (unpaired) electrons. The molecule has 3 rings (SSSR count). The molecule has 2 aromatic rings. The Balaban J connectivity index is 1.85. The normalized spacial score (nSPS) is 19.6. The largest absolute Gasteiger partial charge is 0.378 e. The zero-order chi connectivity index (χ0) is 14.7. The van der Waals surface area contributed by atoms with E-state index in [4.69, 9.17) is 4.74 Å². The second kappa shape index (κ2) is 6.11. The lowest BCUT2D eigenvalue weighted by Crippen LogP contribution is -2.40. The Kier molecular flexibility index (Phi) is 4.03. The lowest BCUT2D eigenvalue weighted by molar-refractivity contribution is -0.0149. The Morgan fingerprint density at radius 3 is 3.14 bits per heavy atom. The topological polar surface area (TPSA) is 84.0 Å². The van der Waals surface area contributed by atoms with E-state index in [1.165, 1.54) is 6.07 Å². The molecular formula is C14H17N5O2. The van der Waals surface area contributed by atoms with Gasteiger partial charge in [-0.15, -0.1) is 0 Å². The molecule has 0 amide bonds. The minimum atomic E-state index is -0.137. The van der Waals surface area contributed by atoms with Gasteiger partial charge in [0.25, 0.3) is 5.56 Å². The van der Waals surface area contributed by atoms with Crippen molar-refractivity contribution in [2.45, 2.75) is 19.5 Å². The first kappa shape index (κ1) is 13.8. The molecule has 2 aromatic heterocycles. The highest BCUT2D eigenvalue weighted by Crippen LogP contribution is 2.23. The summed E-state index contributed by atoms with van der Waals surface area (Å²) in [6, 6.07) is 1.50. The van der Waals surface area contributed by atoms with E-state index in [1.807, 2.05) is 0 Å². The predicted octanol–water partition coefficient (Wildman–Crippen LogP) is 0.442. The Hall–Kier alpha value is -2.12. The number of hydrogen-bond donors (Lipinski definition) is 1. The molecule has 0 saturated carbocycles. The number of nitrogens with one attached hydrogen (secondary N) is 1. The number of rotatable bonds is 3. The van der Waals surface area contributed by atoms with Crippen molar-refractivity contribution in [3.63, 3.8) is 0 Å². The van der Waals surface area contributed by atoms with Crippen LogP contribution in [0.3, 0.4) is 0 Å². The molecule has 1 fully saturated rings. The molecule has 0 spiro atoms. The van der Waals surface area contributed by atoms with E-state index in [9.17, 15) is 4.79 Å². The van der Waals surface area contributed by atoms with Gasteiger partial charge in [0.1, 0.15) is 5.82 Å². The Labute approximate surface area is 122 Å². The fourth-order valence-electron chi connectivity index (χ4n) is 2.49. The van der Waals surface area contributed by atoms with Crippen molar-refractivity contribution >= 4 is 0 Å². The predicted molar refractivity (Wildman–Crippen MR) is 75.6 cm³/mol. The first-order valence-electron chi connectivity index (χ1n) is 6.87. The molecule has 0 aliphatic carbocycles. The van der Waals surface area contributed by atoms with Crippen molar-refractivity contribution in [1.29, 1.82) is 0 Å². The maximum absolute atomic E-state index is 11.6. The smallest absolute Gasteiger partial charge is 0.251 e. The van der Waals surface area contributed by atoms with Crippen molar-refractivity contribution in [2.24, 2.45) is 0 Å². The third kappa shape index (κ3) is 3.32. The van der Waals surface area contributed by atoms with E-state index >= 15 is 0 Å². The first-order valence-corrected chi connectivity index (χ1v) is 6.87. The SMILES string of the molecule is Cc1nc(C2COCCN2Cc2cnccn2)cc(=O)[nH]1. The second-order valence-corrected chi connectivity index (χ2v) is 5.01. The minimum absolute atomic E-state index is 0.0400. The fraction of sp³-hybridized carbons (Fsp3) is 0.429. The molecule has 1 unspecified atom stereocenters. The van der Waals surface area contributed by atoms with Crippen molar-refractivity contribution < 1.29 is 4.74 Å². The molecule has 3 heterocycles. The average Bonchev–Trinajstić information content (AvgIpc) is 2.48. The van der Waals surface area contributed by atoms with Crippen LogP contribution in [0.1, 0.15) is 23.3 Å². The van der Waals surface area contributed by atoms with Crippen LogP contribution in [0.2, 0.25) is 0 Å². The number of H-pyrrole nitrogens is 1. The van der Waals surface area contributed by atoms with Crippen LogP contribution in [0.25, 0.3) is 0 Å². The van der Waals surface area contributed by atoms with Gasteiger partial charge in [0.15, 0.2) is 0 Å². The summed E-state index contributed by atoms with van der Waals surface area (Å²) in [5.74, 6) is 0.613. The summed E-state index contributed by atoms with van der Waals surface area (Å²) in [4.78, 5) is 29.3. The van der Waals surface area contributed by atoms with Gasteiger partial charge >= 0.3 is 0 Å². The molecule has 110 valence electrons. The summed E-state index contributed by atoms with van der Waals surface area (Å²) >= 11 is 0. The summed E-state index contributed by atoms with van der Waals surface area (Å²) in [7, 11) is 0. The van der Waals surface area contributed by atoms with Gasteiger partial charge in [-0.25, -0.2) is 4.98 Å². The fourth-order valence-corrected chi connectivity index (χ4v) is 2.49. The molecule has 7 heteroatoms. The minimum Gasteiger partial charge on any atom is -0.378 e. The zero-order valence-electron chi connectivity index (χ0n) is 11.8. The number of aryl methyl sites for hydroxylation is 1. The van der Waals surface area contributed by atoms with Crippen LogP contribution in [0.15, 0.2) is 29.5 Å². The van der Waals surface area contributed by atoms with Gasteiger partial charge in [-0.3, -0.25) is 19.7 Å². The molecule has 1 atom stereocenters. The lowest BCUT2D eigenvalue weighted by Gasteiger charge is -2.34. The van der Waals surface area contributed by atoms with Gasteiger partial charge in [-0.2, -0.15) is 0 Å². The summed E-state index contributed by atoms with van der Waals surface area (Å²) < 4.78 is 5.55. The van der Waals surface area contributed by atoms with Gasteiger partial charge in [-0.05, 0) is 6.92 Å². The molecule has 1 N–H and O–H groups in total. The van der Waals surface area contributed by atoms with E-state index < -0.39 is 0 Å². The number of hydrogen-bond acceptors (Lipinski definition) is 6. The van der Waals surface area contributed by atoms with E-state index in [2.05, 4.69) is 24.8 Å². The van der Waals surface area contributed by atoms with Crippen molar-refractivity contribution in [2.75, 3.05) is 19.8 Å². The Morgan fingerprint density at radius 2 is 2.38 bits per heavy atom. The number of morpholine rings is 1. The van der Waals surface area contributed by atoms with Gasteiger partial charge in [-0.1, -0.05) is 0 Å². The summed E-state index contributed by atoms with van der Waals surface area (Å²) in [5, 5.41) is 0. The highest BCUT2D eigenvalue weighted by atomic mass is 16.5. The van der Waals surface area contributed by atoms with Crippen LogP contribution >= 0.6 is 0 Å². The Bertz CT molecular complexity index is 658. The van der Waals surface area contributed by atoms with Crippen molar-refractivity contribution in [1.82, 2.24) is 24.8 Å². The second-order valence-electron chi connectivity index (χ2n) is 5.01. The number of aromatic amines is 1. The number of nitrogens with zero attached hydrogens (tertiary/aromatic N) is 4. The summed E-state index contributed by atoms with van der Waals surface area (Å²) in [5.41, 5.74) is 1.49. The van der Waals surface area contributed by atoms with E-state index in [-0.39, 0.29) is 11.6 Å². The first-order chi connectivity index (χ1) is 10.2. The molecule has 1 saturated heterocycles. The quantitative estimate of drug-likeness (QED) is 0.882. The lowest BCUT2D eigenvalue weighted by atomic mass is 10.1. The van der Waals surface area contributed by atoms with E-state index in [1.54, 1.807) is 25.5 Å². The third-order valence-electron chi connectivity index (χ3n) is 3.44. The molecule has 1 aliphatic rings.